The lowest BCUT2D eigenvalue weighted by Gasteiger charge is -2.24. The molecule has 0 spiro atoms. The fourth-order valence-electron chi connectivity index (χ4n) is 7.24. The zero-order valence-electron chi connectivity index (χ0n) is 41.4. The number of hydrogen-bond acceptors (Lipinski definition) is 5. The Balaban J connectivity index is 4.77. The second kappa shape index (κ2) is 50.5. The first kappa shape index (κ1) is 60.5. The topological polar surface area (TPSA) is 95.9 Å². The zero-order chi connectivity index (χ0) is 46.7. The fraction of sp³-hybridized carbons (Fsp3) is 0.655. The van der Waals surface area contributed by atoms with Gasteiger partial charge in [-0.25, -0.2) is 0 Å². The van der Waals surface area contributed by atoms with Gasteiger partial charge in [0.15, 0.2) is 0 Å². The predicted octanol–water partition coefficient (Wildman–Crippen LogP) is 15.9. The van der Waals surface area contributed by atoms with Crippen molar-refractivity contribution >= 4 is 11.9 Å². The molecule has 0 fully saturated rings. The number of amides is 1. The van der Waals surface area contributed by atoms with Crippen molar-refractivity contribution in [3.8, 4) is 0 Å². The fourth-order valence-corrected chi connectivity index (χ4v) is 7.24. The van der Waals surface area contributed by atoms with E-state index in [9.17, 15) is 19.8 Å². The van der Waals surface area contributed by atoms with Gasteiger partial charge in [0, 0.05) is 6.42 Å². The lowest BCUT2D eigenvalue weighted by atomic mass is 10.0. The number of nitrogens with one attached hydrogen (secondary N) is 1. The second-order valence-corrected chi connectivity index (χ2v) is 17.3. The van der Waals surface area contributed by atoms with E-state index in [1.165, 1.54) is 64.2 Å². The number of rotatable bonds is 45. The lowest BCUT2D eigenvalue weighted by molar-refractivity contribution is -0.151. The molecule has 0 aliphatic rings. The number of aliphatic hydroxyl groups is 2. The van der Waals surface area contributed by atoms with Crippen LogP contribution in [0.3, 0.4) is 0 Å². The summed E-state index contributed by atoms with van der Waals surface area (Å²) in [7, 11) is 0. The van der Waals surface area contributed by atoms with Crippen molar-refractivity contribution in [1.29, 1.82) is 0 Å². The third-order valence-corrected chi connectivity index (χ3v) is 11.2. The van der Waals surface area contributed by atoms with Crippen LogP contribution in [0.4, 0.5) is 0 Å². The SMILES string of the molecule is CC/C=C\C/C=C\C/C=C\C/C=C\C/C=C\CCCC(CC(=O)NC(CO)C(O)CCCCCCCCCCCC)OC(=O)CCCCCCC/C=C/C=C/C=C/C=C/CCCCC. The van der Waals surface area contributed by atoms with Crippen LogP contribution in [-0.4, -0.2) is 46.9 Å². The zero-order valence-corrected chi connectivity index (χ0v) is 41.4. The van der Waals surface area contributed by atoms with Crippen LogP contribution < -0.4 is 5.32 Å². The summed E-state index contributed by atoms with van der Waals surface area (Å²) in [6.45, 7) is 6.29. The van der Waals surface area contributed by atoms with Gasteiger partial charge >= 0.3 is 5.97 Å². The maximum absolute atomic E-state index is 13.2. The summed E-state index contributed by atoms with van der Waals surface area (Å²) in [6.07, 6.45) is 68.6. The van der Waals surface area contributed by atoms with E-state index in [2.05, 4.69) is 135 Å². The van der Waals surface area contributed by atoms with Crippen LogP contribution in [0.15, 0.2) is 109 Å². The molecular weight excluding hydrogens is 791 g/mol. The number of hydrogen-bond donors (Lipinski definition) is 3. The Labute approximate surface area is 394 Å². The first-order valence-corrected chi connectivity index (χ1v) is 26.2. The molecular formula is C58H97NO5. The van der Waals surface area contributed by atoms with Gasteiger partial charge in [-0.3, -0.25) is 9.59 Å². The molecule has 0 aliphatic carbocycles. The van der Waals surface area contributed by atoms with Crippen molar-refractivity contribution < 1.29 is 24.5 Å². The Bertz CT molecular complexity index is 1320. The predicted molar refractivity (Wildman–Crippen MR) is 277 cm³/mol. The van der Waals surface area contributed by atoms with Crippen molar-refractivity contribution in [2.24, 2.45) is 0 Å². The molecule has 0 saturated heterocycles. The van der Waals surface area contributed by atoms with Crippen molar-refractivity contribution in [3.63, 3.8) is 0 Å². The highest BCUT2D eigenvalue weighted by atomic mass is 16.5. The molecule has 1 amide bonds. The summed E-state index contributed by atoms with van der Waals surface area (Å²) in [5.74, 6) is -0.566. The second-order valence-electron chi connectivity index (χ2n) is 17.3. The highest BCUT2D eigenvalue weighted by molar-refractivity contribution is 5.77. The number of carbonyl (C=O) groups excluding carboxylic acids is 2. The van der Waals surface area contributed by atoms with Crippen LogP contribution in [0, 0.1) is 0 Å². The molecule has 0 heterocycles. The number of unbranched alkanes of at least 4 members (excludes halogenated alkanes) is 18. The molecule has 64 heavy (non-hydrogen) atoms. The summed E-state index contributed by atoms with van der Waals surface area (Å²) in [5.41, 5.74) is 0. The number of carbonyl (C=O) groups is 2. The van der Waals surface area contributed by atoms with Crippen molar-refractivity contribution in [1.82, 2.24) is 5.32 Å². The van der Waals surface area contributed by atoms with Crippen LogP contribution in [0.2, 0.25) is 0 Å². The minimum atomic E-state index is -0.813. The monoisotopic (exact) mass is 888 g/mol. The van der Waals surface area contributed by atoms with Gasteiger partial charge in [-0.2, -0.15) is 0 Å². The van der Waals surface area contributed by atoms with Crippen molar-refractivity contribution in [2.75, 3.05) is 6.61 Å². The van der Waals surface area contributed by atoms with Crippen molar-refractivity contribution in [3.05, 3.63) is 109 Å². The molecule has 0 rings (SSSR count). The molecule has 3 N–H and O–H groups in total. The lowest BCUT2D eigenvalue weighted by Crippen LogP contribution is -2.46. The minimum Gasteiger partial charge on any atom is -0.462 e. The minimum absolute atomic E-state index is 0.0219. The van der Waals surface area contributed by atoms with Crippen molar-refractivity contribution in [2.45, 2.75) is 238 Å². The average Bonchev–Trinajstić information content (AvgIpc) is 3.29. The van der Waals surface area contributed by atoms with E-state index in [1.54, 1.807) is 0 Å². The smallest absolute Gasteiger partial charge is 0.306 e. The Morgan fingerprint density at radius 3 is 1.47 bits per heavy atom. The standard InChI is InChI=1S/C58H97NO5/c1-4-7-10-13-16-19-22-24-26-28-30-32-34-36-39-42-45-48-51-58(63)64-54(49-46-43-40-37-35-33-31-29-27-25-23-20-17-14-11-8-5-2)52-57(62)59-55(53-60)56(61)50-47-44-41-38-21-18-15-12-9-6-3/h8,11,16-17,19-20,22,24-28,30-33,37,40,54-56,60-61H,4-7,9-10,12-15,18,21,23,29,34-36,38-39,41-53H2,1-3H3,(H,59,62)/b11-8-,19-16+,20-17-,24-22+,27-25-,28-26+,32-30+,33-31-,40-37-. The van der Waals surface area contributed by atoms with Gasteiger partial charge < -0.3 is 20.3 Å². The van der Waals surface area contributed by atoms with E-state index in [0.29, 0.717) is 19.3 Å². The number of ether oxygens (including phenoxy) is 1. The summed E-state index contributed by atoms with van der Waals surface area (Å²) in [6, 6.07) is -0.731. The maximum atomic E-state index is 13.2. The third-order valence-electron chi connectivity index (χ3n) is 11.2. The molecule has 6 nitrogen and oxygen atoms in total. The normalized spacial score (nSPS) is 14.1. The molecule has 0 aromatic rings. The van der Waals surface area contributed by atoms with Crippen LogP contribution in [0.1, 0.15) is 220 Å². The van der Waals surface area contributed by atoms with Gasteiger partial charge in [0.05, 0.1) is 25.2 Å². The Morgan fingerprint density at radius 2 is 0.922 bits per heavy atom. The van der Waals surface area contributed by atoms with Crippen LogP contribution in [-0.2, 0) is 14.3 Å². The molecule has 6 heteroatoms. The van der Waals surface area contributed by atoms with E-state index in [1.807, 2.05) is 0 Å². The van der Waals surface area contributed by atoms with Gasteiger partial charge in [-0.05, 0) is 89.9 Å². The van der Waals surface area contributed by atoms with Gasteiger partial charge in [0.2, 0.25) is 5.91 Å². The van der Waals surface area contributed by atoms with E-state index in [4.69, 9.17) is 4.74 Å². The van der Waals surface area contributed by atoms with Gasteiger partial charge in [-0.15, -0.1) is 0 Å². The highest BCUT2D eigenvalue weighted by Crippen LogP contribution is 2.16. The molecule has 3 atom stereocenters. The van der Waals surface area contributed by atoms with Crippen LogP contribution in [0.25, 0.3) is 0 Å². The first-order chi connectivity index (χ1) is 31.5. The molecule has 0 saturated carbocycles. The maximum Gasteiger partial charge on any atom is 0.306 e. The van der Waals surface area contributed by atoms with Crippen LogP contribution in [0.5, 0.6) is 0 Å². The summed E-state index contributed by atoms with van der Waals surface area (Å²) in [4.78, 5) is 26.2. The van der Waals surface area contributed by atoms with Gasteiger partial charge in [0.1, 0.15) is 6.10 Å². The van der Waals surface area contributed by atoms with E-state index in [-0.39, 0.29) is 24.9 Å². The van der Waals surface area contributed by atoms with Gasteiger partial charge in [0.25, 0.3) is 0 Å². The molecule has 0 radical (unpaired) electrons. The Kier molecular flexibility index (Phi) is 47.8. The summed E-state index contributed by atoms with van der Waals surface area (Å²) >= 11 is 0. The van der Waals surface area contributed by atoms with E-state index in [0.717, 1.165) is 109 Å². The average molecular weight is 888 g/mol. The quantitative estimate of drug-likeness (QED) is 0.0245. The van der Waals surface area contributed by atoms with E-state index >= 15 is 0 Å². The summed E-state index contributed by atoms with van der Waals surface area (Å²) in [5, 5.41) is 23.7. The molecule has 0 aromatic carbocycles. The number of aliphatic hydroxyl groups excluding tert-OH is 2. The Hall–Kier alpha value is -3.48. The van der Waals surface area contributed by atoms with E-state index < -0.39 is 18.2 Å². The number of esters is 1. The summed E-state index contributed by atoms with van der Waals surface area (Å²) < 4.78 is 5.90. The van der Waals surface area contributed by atoms with Gasteiger partial charge in [-0.1, -0.05) is 226 Å². The van der Waals surface area contributed by atoms with Crippen LogP contribution >= 0.6 is 0 Å². The Morgan fingerprint density at radius 1 is 0.484 bits per heavy atom. The molecule has 364 valence electrons. The molecule has 0 aliphatic heterocycles. The molecule has 0 bridgehead atoms. The highest BCUT2D eigenvalue weighted by Gasteiger charge is 2.24. The third kappa shape index (κ3) is 45.1. The largest absolute Gasteiger partial charge is 0.462 e. The first-order valence-electron chi connectivity index (χ1n) is 26.2. The number of allylic oxidation sites excluding steroid dienone is 18. The molecule has 0 aromatic heterocycles. The molecule has 3 unspecified atom stereocenters.